The summed E-state index contributed by atoms with van der Waals surface area (Å²) < 4.78 is 13.9. The monoisotopic (exact) mass is 560 g/mol. The maximum absolute atomic E-state index is 13.9. The van der Waals surface area contributed by atoms with Gasteiger partial charge in [0.05, 0.1) is 40.7 Å². The van der Waals surface area contributed by atoms with Crippen LogP contribution in [0.25, 0.3) is 39.1 Å². The van der Waals surface area contributed by atoms with Gasteiger partial charge in [-0.25, -0.2) is 4.39 Å². The van der Waals surface area contributed by atoms with Crippen molar-refractivity contribution in [3.05, 3.63) is 103 Å². The van der Waals surface area contributed by atoms with Gasteiger partial charge in [0.15, 0.2) is 0 Å². The van der Waals surface area contributed by atoms with E-state index in [1.54, 1.807) is 30.9 Å². The third kappa shape index (κ3) is 5.91. The lowest BCUT2D eigenvalue weighted by molar-refractivity contribution is 0.373. The molecule has 5 heterocycles. The Kier molecular flexibility index (Phi) is 7.74. The molecule has 6 rings (SSSR count). The molecule has 0 amide bonds. The number of fused-ring (bicyclic) bond motifs is 1. The molecule has 1 aliphatic heterocycles. The van der Waals surface area contributed by atoms with Crippen LogP contribution in [0.15, 0.2) is 86.1 Å². The fourth-order valence-corrected chi connectivity index (χ4v) is 5.46. The van der Waals surface area contributed by atoms with Crippen LogP contribution in [0, 0.1) is 18.7 Å². The quantitative estimate of drug-likeness (QED) is 0.155. The van der Waals surface area contributed by atoms with Crippen molar-refractivity contribution in [1.29, 1.82) is 0 Å². The average Bonchev–Trinajstić information content (AvgIpc) is 3.42. The van der Waals surface area contributed by atoms with Crippen molar-refractivity contribution in [2.24, 2.45) is 5.92 Å². The number of nitrogens with one attached hydrogen (secondary N) is 4. The molecule has 4 aromatic heterocycles. The summed E-state index contributed by atoms with van der Waals surface area (Å²) in [6, 6.07) is 12.3. The molecule has 0 saturated carbocycles. The van der Waals surface area contributed by atoms with E-state index < -0.39 is 0 Å². The largest absolute Gasteiger partial charge is 0.358 e. The summed E-state index contributed by atoms with van der Waals surface area (Å²) in [5.74, 6) is 0.346. The van der Waals surface area contributed by atoms with Crippen LogP contribution in [0.5, 0.6) is 0 Å². The molecule has 8 nitrogen and oxygen atoms in total. The molecule has 1 aromatic carbocycles. The Morgan fingerprint density at radius 1 is 1.00 bits per heavy atom. The first-order valence-corrected chi connectivity index (χ1v) is 14.1. The highest BCUT2D eigenvalue weighted by molar-refractivity contribution is 5.94. The minimum absolute atomic E-state index is 0.303. The minimum atomic E-state index is -0.303. The molecule has 1 aliphatic rings. The molecule has 1 saturated heterocycles. The van der Waals surface area contributed by atoms with Crippen LogP contribution in [0.1, 0.15) is 30.5 Å². The van der Waals surface area contributed by atoms with E-state index in [0.717, 1.165) is 64.3 Å². The molecule has 212 valence electrons. The van der Waals surface area contributed by atoms with Crippen LogP contribution < -0.4 is 16.0 Å². The predicted octanol–water partition coefficient (Wildman–Crippen LogP) is 6.93. The Morgan fingerprint density at radius 2 is 1.86 bits per heavy atom. The van der Waals surface area contributed by atoms with E-state index in [-0.39, 0.29) is 5.82 Å². The van der Waals surface area contributed by atoms with E-state index in [1.165, 1.54) is 25.0 Å². The summed E-state index contributed by atoms with van der Waals surface area (Å²) in [4.78, 5) is 13.6. The second kappa shape index (κ2) is 11.9. The topological polar surface area (TPSA) is 103 Å². The fourth-order valence-electron chi connectivity index (χ4n) is 5.46. The van der Waals surface area contributed by atoms with Gasteiger partial charge in [-0.05, 0) is 81.1 Å². The molecule has 1 fully saturated rings. The molecular formula is C33H33FN8. The summed E-state index contributed by atoms with van der Waals surface area (Å²) in [5, 5.41) is 18.7. The van der Waals surface area contributed by atoms with Gasteiger partial charge in [-0.15, -0.1) is 0 Å². The van der Waals surface area contributed by atoms with Crippen LogP contribution >= 0.6 is 0 Å². The van der Waals surface area contributed by atoms with Gasteiger partial charge in [-0.1, -0.05) is 25.3 Å². The molecular weight excluding hydrogens is 527 g/mol. The number of hydrogen-bond acceptors (Lipinski definition) is 7. The second-order valence-corrected chi connectivity index (χ2v) is 10.7. The number of benzene rings is 1. The SMILES string of the molecule is C=C(CC1CCNCC1)Nc1cncc(-c2cc3c(C(=C)Nc4ccnc(-c5cccc(F)c5)c4C)n[nH]c3cn2)c1. The van der Waals surface area contributed by atoms with Gasteiger partial charge in [0, 0.05) is 40.3 Å². The standard InChI is InChI=1S/C33H33FN8/c1-20(13-23-7-10-35-11-8-23)39-27-15-25(17-36-18-27)30-16-28-31(19-38-30)41-42-33(28)22(3)40-29-9-12-37-32(21(29)2)24-5-4-6-26(34)14-24/h4-6,9,12,14-19,23,35,39H,1,3,7-8,10-11,13H2,2H3,(H,37,40)(H,41,42). The smallest absolute Gasteiger partial charge is 0.123 e. The molecule has 0 radical (unpaired) electrons. The molecule has 4 N–H and O–H groups in total. The highest BCUT2D eigenvalue weighted by atomic mass is 19.1. The molecule has 0 aliphatic carbocycles. The molecule has 0 bridgehead atoms. The Labute approximate surface area is 244 Å². The van der Waals surface area contributed by atoms with Crippen molar-refractivity contribution in [3.8, 4) is 22.5 Å². The normalized spacial score (nSPS) is 13.7. The first-order chi connectivity index (χ1) is 20.4. The third-order valence-electron chi connectivity index (χ3n) is 7.67. The first kappa shape index (κ1) is 27.3. The van der Waals surface area contributed by atoms with Crippen molar-refractivity contribution in [2.75, 3.05) is 23.7 Å². The Morgan fingerprint density at radius 3 is 2.69 bits per heavy atom. The lowest BCUT2D eigenvalue weighted by atomic mass is 9.93. The number of pyridine rings is 3. The number of H-pyrrole nitrogens is 1. The first-order valence-electron chi connectivity index (χ1n) is 14.1. The fraction of sp³-hybridized carbons (Fsp3) is 0.212. The number of aromatic nitrogens is 5. The van der Waals surface area contributed by atoms with E-state index in [9.17, 15) is 4.39 Å². The van der Waals surface area contributed by atoms with Crippen molar-refractivity contribution >= 4 is 28.0 Å². The van der Waals surface area contributed by atoms with Gasteiger partial charge in [0.25, 0.3) is 0 Å². The zero-order valence-electron chi connectivity index (χ0n) is 23.5. The number of anilines is 2. The number of hydrogen-bond donors (Lipinski definition) is 4. The summed E-state index contributed by atoms with van der Waals surface area (Å²) >= 11 is 0. The van der Waals surface area contributed by atoms with Crippen LogP contribution in [0.4, 0.5) is 15.8 Å². The van der Waals surface area contributed by atoms with Crippen LogP contribution in [0.2, 0.25) is 0 Å². The van der Waals surface area contributed by atoms with Crippen LogP contribution in [0.3, 0.4) is 0 Å². The number of piperidine rings is 1. The predicted molar refractivity (Wildman–Crippen MR) is 167 cm³/mol. The van der Waals surface area contributed by atoms with Gasteiger partial charge in [0.1, 0.15) is 11.5 Å². The van der Waals surface area contributed by atoms with Gasteiger partial charge < -0.3 is 16.0 Å². The number of aromatic amines is 1. The number of rotatable bonds is 9. The molecule has 42 heavy (non-hydrogen) atoms. The molecule has 0 spiro atoms. The Balaban J connectivity index is 1.22. The molecule has 0 unspecified atom stereocenters. The number of nitrogens with zero attached hydrogens (tertiary/aromatic N) is 4. The van der Waals surface area contributed by atoms with E-state index in [0.29, 0.717) is 28.6 Å². The minimum Gasteiger partial charge on any atom is -0.358 e. The zero-order chi connectivity index (χ0) is 29.1. The highest BCUT2D eigenvalue weighted by Crippen LogP contribution is 2.31. The van der Waals surface area contributed by atoms with Crippen molar-refractivity contribution in [1.82, 2.24) is 30.5 Å². The Hall–Kier alpha value is -4.89. The molecule has 0 atom stereocenters. The van der Waals surface area contributed by atoms with Crippen molar-refractivity contribution in [3.63, 3.8) is 0 Å². The summed E-state index contributed by atoms with van der Waals surface area (Å²) in [6.45, 7) is 12.6. The van der Waals surface area contributed by atoms with Crippen LogP contribution in [-0.2, 0) is 0 Å². The summed E-state index contributed by atoms with van der Waals surface area (Å²) in [6.07, 6.45) is 10.4. The van der Waals surface area contributed by atoms with Crippen LogP contribution in [-0.4, -0.2) is 38.2 Å². The van der Waals surface area contributed by atoms with Crippen molar-refractivity contribution in [2.45, 2.75) is 26.2 Å². The van der Waals surface area contributed by atoms with E-state index in [4.69, 9.17) is 0 Å². The van der Waals surface area contributed by atoms with E-state index in [2.05, 4.69) is 54.3 Å². The molecule has 5 aromatic rings. The number of halogens is 1. The maximum atomic E-state index is 13.9. The average molecular weight is 561 g/mol. The number of allylic oxidation sites excluding steroid dienone is 1. The van der Waals surface area contributed by atoms with Gasteiger partial charge >= 0.3 is 0 Å². The lowest BCUT2D eigenvalue weighted by Crippen LogP contribution is -2.28. The van der Waals surface area contributed by atoms with Gasteiger partial charge in [-0.3, -0.25) is 20.1 Å². The maximum Gasteiger partial charge on any atom is 0.123 e. The zero-order valence-corrected chi connectivity index (χ0v) is 23.5. The second-order valence-electron chi connectivity index (χ2n) is 10.7. The van der Waals surface area contributed by atoms with Crippen molar-refractivity contribution < 1.29 is 4.39 Å². The Bertz CT molecular complexity index is 1770. The van der Waals surface area contributed by atoms with E-state index >= 15 is 0 Å². The summed E-state index contributed by atoms with van der Waals surface area (Å²) in [5.41, 5.74) is 8.71. The van der Waals surface area contributed by atoms with Gasteiger partial charge in [-0.2, -0.15) is 5.10 Å². The van der Waals surface area contributed by atoms with E-state index in [1.807, 2.05) is 31.2 Å². The third-order valence-corrected chi connectivity index (χ3v) is 7.67. The molecule has 9 heteroatoms. The lowest BCUT2D eigenvalue weighted by Gasteiger charge is -2.23. The van der Waals surface area contributed by atoms with Gasteiger partial charge in [0.2, 0.25) is 0 Å². The highest BCUT2D eigenvalue weighted by Gasteiger charge is 2.16. The summed E-state index contributed by atoms with van der Waals surface area (Å²) in [7, 11) is 0.